The van der Waals surface area contributed by atoms with Crippen LogP contribution in [0.25, 0.3) is 0 Å². The van der Waals surface area contributed by atoms with E-state index < -0.39 is 56.6 Å². The number of nitrogens with zero attached hydrogens (tertiary/aromatic N) is 2. The second-order valence-corrected chi connectivity index (χ2v) is 17.9. The van der Waals surface area contributed by atoms with E-state index in [1.54, 1.807) is 68.8 Å². The van der Waals surface area contributed by atoms with Crippen molar-refractivity contribution in [3.05, 3.63) is 167 Å². The van der Waals surface area contributed by atoms with E-state index in [2.05, 4.69) is 38.4 Å². The van der Waals surface area contributed by atoms with Crippen LogP contribution in [0.15, 0.2) is 140 Å². The number of esters is 2. The molecule has 5 aromatic rings. The molecule has 67 heavy (non-hydrogen) atoms. The highest BCUT2D eigenvalue weighted by Crippen LogP contribution is 2.47. The van der Waals surface area contributed by atoms with Gasteiger partial charge in [-0.1, -0.05) is 97.9 Å². The number of carbonyl (C=O) groups is 2. The standard InChI is InChI=1S/C53H61N2O11P/c1-37(2)55(38(3)4)67(62-33-17-32-54)63-36-47-39(5)48(65-50(56)40-18-11-8-12-19-40)49(66-51(57)41-20-13-9-14-21-41)52(64-47)60-34-35-61-53(42-22-15-10-16-23-42,43-24-28-45(58-6)29-25-43)44-26-30-46(59-7)31-27-44/h8-16,18-31,37-39,47-49,52H,17,33-36H2,1-7H3. The average Bonchev–Trinajstić information content (AvgIpc) is 3.35. The first-order valence-corrected chi connectivity index (χ1v) is 23.6. The predicted molar refractivity (Wildman–Crippen MR) is 254 cm³/mol. The van der Waals surface area contributed by atoms with Gasteiger partial charge in [0.1, 0.15) is 23.2 Å². The zero-order chi connectivity index (χ0) is 47.8. The molecular formula is C53H61N2O11P. The number of rotatable bonds is 23. The van der Waals surface area contributed by atoms with Gasteiger partial charge in [-0.05, 0) is 92.9 Å². The van der Waals surface area contributed by atoms with Crippen molar-refractivity contribution < 1.29 is 51.8 Å². The van der Waals surface area contributed by atoms with Crippen LogP contribution in [0.1, 0.15) is 78.4 Å². The van der Waals surface area contributed by atoms with E-state index in [-0.39, 0.29) is 44.9 Å². The molecule has 0 aliphatic carbocycles. The summed E-state index contributed by atoms with van der Waals surface area (Å²) in [6.07, 6.45) is -4.12. The molecule has 14 heteroatoms. The molecule has 0 saturated carbocycles. The summed E-state index contributed by atoms with van der Waals surface area (Å²) in [4.78, 5) is 27.9. The summed E-state index contributed by atoms with van der Waals surface area (Å²) < 4.78 is 59.1. The van der Waals surface area contributed by atoms with Gasteiger partial charge in [-0.15, -0.1) is 0 Å². The fraction of sp³-hybridized carbons (Fsp3) is 0.377. The first kappa shape index (κ1) is 50.7. The van der Waals surface area contributed by atoms with Crippen molar-refractivity contribution in [2.24, 2.45) is 5.92 Å². The van der Waals surface area contributed by atoms with Crippen molar-refractivity contribution in [1.82, 2.24) is 4.67 Å². The van der Waals surface area contributed by atoms with Gasteiger partial charge < -0.3 is 42.2 Å². The van der Waals surface area contributed by atoms with Gasteiger partial charge >= 0.3 is 11.9 Å². The molecule has 1 saturated heterocycles. The van der Waals surface area contributed by atoms with Gasteiger partial charge in [-0.25, -0.2) is 14.3 Å². The van der Waals surface area contributed by atoms with Crippen LogP contribution in [0.5, 0.6) is 11.5 Å². The van der Waals surface area contributed by atoms with E-state index in [0.29, 0.717) is 22.6 Å². The Morgan fingerprint density at radius 2 is 1.13 bits per heavy atom. The summed E-state index contributed by atoms with van der Waals surface area (Å²) in [5.74, 6) is -0.473. The summed E-state index contributed by atoms with van der Waals surface area (Å²) >= 11 is 0. The molecule has 0 N–H and O–H groups in total. The van der Waals surface area contributed by atoms with Crippen LogP contribution < -0.4 is 9.47 Å². The molecule has 13 nitrogen and oxygen atoms in total. The molecule has 0 radical (unpaired) electrons. The van der Waals surface area contributed by atoms with Crippen molar-refractivity contribution in [3.63, 3.8) is 0 Å². The van der Waals surface area contributed by atoms with Gasteiger partial charge in [0.2, 0.25) is 0 Å². The maximum Gasteiger partial charge on any atom is 0.338 e. The molecule has 6 atom stereocenters. The Kier molecular flexibility index (Phi) is 18.9. The molecule has 0 spiro atoms. The Morgan fingerprint density at radius 3 is 1.61 bits per heavy atom. The zero-order valence-corrected chi connectivity index (χ0v) is 40.1. The quantitative estimate of drug-likeness (QED) is 0.0265. The van der Waals surface area contributed by atoms with Crippen molar-refractivity contribution >= 4 is 20.5 Å². The van der Waals surface area contributed by atoms with Crippen molar-refractivity contribution in [2.45, 2.75) is 83.3 Å². The van der Waals surface area contributed by atoms with Crippen LogP contribution in [-0.4, -0.2) is 93.9 Å². The van der Waals surface area contributed by atoms with E-state index >= 15 is 0 Å². The molecule has 1 aliphatic rings. The second-order valence-electron chi connectivity index (χ2n) is 16.4. The lowest BCUT2D eigenvalue weighted by atomic mass is 9.80. The second kappa shape index (κ2) is 24.9. The lowest BCUT2D eigenvalue weighted by molar-refractivity contribution is -0.288. The van der Waals surface area contributed by atoms with Crippen LogP contribution in [0, 0.1) is 17.2 Å². The molecule has 0 bridgehead atoms. The minimum Gasteiger partial charge on any atom is -0.497 e. The third kappa shape index (κ3) is 12.9. The van der Waals surface area contributed by atoms with Gasteiger partial charge in [-0.2, -0.15) is 5.26 Å². The van der Waals surface area contributed by atoms with Crippen LogP contribution in [0.3, 0.4) is 0 Å². The van der Waals surface area contributed by atoms with Crippen LogP contribution in [0.2, 0.25) is 0 Å². The summed E-state index contributed by atoms with van der Waals surface area (Å²) in [7, 11) is 1.58. The van der Waals surface area contributed by atoms with E-state index in [0.717, 1.165) is 16.7 Å². The summed E-state index contributed by atoms with van der Waals surface area (Å²) in [6.45, 7) is 10.2. The average molecular weight is 933 g/mol. The Bertz CT molecular complexity index is 2260. The highest BCUT2D eigenvalue weighted by molar-refractivity contribution is 7.44. The lowest BCUT2D eigenvalue weighted by Gasteiger charge is -2.45. The van der Waals surface area contributed by atoms with E-state index in [4.69, 9.17) is 42.2 Å². The third-order valence-electron chi connectivity index (χ3n) is 11.4. The molecule has 1 heterocycles. The molecule has 1 aliphatic heterocycles. The van der Waals surface area contributed by atoms with Crippen LogP contribution >= 0.6 is 8.53 Å². The normalized spacial score (nSPS) is 18.9. The van der Waals surface area contributed by atoms with Gasteiger partial charge in [0.25, 0.3) is 8.53 Å². The summed E-state index contributed by atoms with van der Waals surface area (Å²) in [5.41, 5.74) is 2.00. The van der Waals surface area contributed by atoms with Crippen molar-refractivity contribution in [2.75, 3.05) is 40.6 Å². The molecule has 0 aromatic heterocycles. The minimum absolute atomic E-state index is 0.00345. The van der Waals surface area contributed by atoms with E-state index in [9.17, 15) is 14.9 Å². The number of benzene rings is 5. The Morgan fingerprint density at radius 1 is 0.657 bits per heavy atom. The number of ether oxygens (including phenoxy) is 7. The first-order valence-electron chi connectivity index (χ1n) is 22.5. The Hall–Kier alpha value is -5.68. The Balaban J connectivity index is 1.36. The number of nitriles is 1. The largest absolute Gasteiger partial charge is 0.497 e. The van der Waals surface area contributed by atoms with Gasteiger partial charge in [0, 0.05) is 18.0 Å². The number of methoxy groups -OCH3 is 2. The highest BCUT2D eigenvalue weighted by Gasteiger charge is 2.50. The maximum atomic E-state index is 13.9. The third-order valence-corrected chi connectivity index (χ3v) is 13.5. The zero-order valence-electron chi connectivity index (χ0n) is 39.2. The number of hydrogen-bond acceptors (Lipinski definition) is 13. The molecule has 354 valence electrons. The topological polar surface area (TPSA) is 144 Å². The number of hydrogen-bond donors (Lipinski definition) is 0. The number of carbonyl (C=O) groups excluding carboxylic acids is 2. The first-order chi connectivity index (χ1) is 32.5. The monoisotopic (exact) mass is 932 g/mol. The van der Waals surface area contributed by atoms with Gasteiger partial charge in [-0.3, -0.25) is 0 Å². The van der Waals surface area contributed by atoms with E-state index in [1.807, 2.05) is 91.9 Å². The molecule has 5 aromatic carbocycles. The summed E-state index contributed by atoms with van der Waals surface area (Å²) in [5, 5.41) is 9.32. The maximum absolute atomic E-state index is 13.9. The van der Waals surface area contributed by atoms with Gasteiger partial charge in [0.05, 0.1) is 70.4 Å². The van der Waals surface area contributed by atoms with Crippen LogP contribution in [0.4, 0.5) is 0 Å². The van der Waals surface area contributed by atoms with E-state index in [1.165, 1.54) is 0 Å². The fourth-order valence-corrected chi connectivity index (χ4v) is 9.69. The molecule has 6 unspecified atom stereocenters. The predicted octanol–water partition coefficient (Wildman–Crippen LogP) is 10.1. The smallest absolute Gasteiger partial charge is 0.338 e. The molecule has 1 fully saturated rings. The molecule has 6 rings (SSSR count). The Labute approximate surface area is 395 Å². The van der Waals surface area contributed by atoms with Crippen molar-refractivity contribution in [1.29, 1.82) is 5.26 Å². The van der Waals surface area contributed by atoms with Crippen molar-refractivity contribution in [3.8, 4) is 17.6 Å². The minimum atomic E-state index is -1.66. The van der Waals surface area contributed by atoms with Gasteiger partial charge in [0.15, 0.2) is 12.4 Å². The highest BCUT2D eigenvalue weighted by atomic mass is 31.2. The fourth-order valence-electron chi connectivity index (χ4n) is 8.08. The molecular weight excluding hydrogens is 872 g/mol. The lowest BCUT2D eigenvalue weighted by Crippen LogP contribution is -2.58. The van der Waals surface area contributed by atoms with Crippen LogP contribution in [-0.2, 0) is 38.3 Å². The SMILES string of the molecule is COc1ccc(C(OCCOC2OC(COP(OCCC#N)N(C(C)C)C(C)C)C(C)C(OC(=O)c3ccccc3)C2OC(=O)c2ccccc2)(c2ccccc2)c2ccc(OC)cc2)cc1. The summed E-state index contributed by atoms with van der Waals surface area (Å²) in [6, 6.07) is 44.7. The molecule has 0 amide bonds.